The number of nitrogens with zero attached hydrogens (tertiary/aromatic N) is 2. The van der Waals surface area contributed by atoms with Crippen LogP contribution >= 0.6 is 0 Å². The summed E-state index contributed by atoms with van der Waals surface area (Å²) < 4.78 is 57.0. The molecule has 4 N–H and O–H groups in total. The third-order valence-electron chi connectivity index (χ3n) is 18.6. The SMILES string of the molecule is C=C1C=C[C@@]2(C)C(=C1)[C@@H](F)C[C@@H]1[C@@H]2[C@@H](O)C[C@@]2(C)[C@H]1C[C@H]1OC(C)(C)O[C@]12/C(CO)=N\N(C)C.C=C1C=C[C@@]2(C)C(=C1)[C@@H](F)C[C@@H]1[C@@H]2[C@@H](O)C[C@@]2(C)[C@H]1C[C@H]1OC(C)(C)O[C@]12C(=O)CO. The number of hydrogen-bond acceptors (Lipinski definition) is 11. The van der Waals surface area contributed by atoms with Crippen molar-refractivity contribution in [2.75, 3.05) is 27.3 Å². The van der Waals surface area contributed by atoms with Crippen molar-refractivity contribution in [3.05, 3.63) is 71.9 Å². The van der Waals surface area contributed by atoms with E-state index < -0.39 is 87.5 Å². The Labute approximate surface area is 383 Å². The van der Waals surface area contributed by atoms with E-state index in [1.54, 1.807) is 18.9 Å². The van der Waals surface area contributed by atoms with Gasteiger partial charge in [-0.25, -0.2) is 8.78 Å². The first-order valence-electron chi connectivity index (χ1n) is 23.8. The fourth-order valence-corrected chi connectivity index (χ4v) is 16.6. The van der Waals surface area contributed by atoms with Crippen LogP contribution in [0.25, 0.3) is 0 Å². The van der Waals surface area contributed by atoms with Crippen molar-refractivity contribution < 1.29 is 52.9 Å². The van der Waals surface area contributed by atoms with Crippen molar-refractivity contribution in [3.8, 4) is 0 Å². The topological polar surface area (TPSA) is 151 Å². The number of carbonyl (C=O) groups is 1. The van der Waals surface area contributed by atoms with Crippen LogP contribution in [0.2, 0.25) is 0 Å². The molecule has 6 saturated carbocycles. The van der Waals surface area contributed by atoms with E-state index in [0.29, 0.717) is 49.8 Å². The molecule has 2 heterocycles. The van der Waals surface area contributed by atoms with Crippen LogP contribution in [0, 0.1) is 57.2 Å². The van der Waals surface area contributed by atoms with Gasteiger partial charge in [-0.3, -0.25) is 4.79 Å². The molecule has 13 heteroatoms. The lowest BCUT2D eigenvalue weighted by molar-refractivity contribution is -0.226. The number of ether oxygens (including phenoxy) is 4. The molecule has 8 aliphatic carbocycles. The molecule has 0 bridgehead atoms. The van der Waals surface area contributed by atoms with Crippen molar-refractivity contribution in [1.29, 1.82) is 0 Å². The summed E-state index contributed by atoms with van der Waals surface area (Å²) in [5.41, 5.74) is -1.32. The summed E-state index contributed by atoms with van der Waals surface area (Å²) in [5.74, 6) is -2.70. The predicted octanol–water partition coefficient (Wildman–Crippen LogP) is 6.87. The molecule has 0 unspecified atom stereocenters. The van der Waals surface area contributed by atoms with E-state index in [-0.39, 0.29) is 48.2 Å². The minimum absolute atomic E-state index is 0.0519. The Morgan fingerprint density at radius 3 is 1.54 bits per heavy atom. The third kappa shape index (κ3) is 6.37. The number of alkyl halides is 2. The van der Waals surface area contributed by atoms with E-state index in [1.165, 1.54) is 0 Å². The van der Waals surface area contributed by atoms with Gasteiger partial charge in [-0.15, -0.1) is 0 Å². The molecule has 0 radical (unpaired) electrons. The molecule has 8 fully saturated rings. The molecule has 2 saturated heterocycles. The summed E-state index contributed by atoms with van der Waals surface area (Å²) in [6, 6.07) is 0. The fourth-order valence-electron chi connectivity index (χ4n) is 16.6. The summed E-state index contributed by atoms with van der Waals surface area (Å²) >= 11 is 0. The first kappa shape index (κ1) is 47.2. The van der Waals surface area contributed by atoms with Crippen LogP contribution in [-0.4, -0.2) is 124 Å². The average molecular weight is 907 g/mol. The van der Waals surface area contributed by atoms with Gasteiger partial charge in [0.15, 0.2) is 23.0 Å². The highest BCUT2D eigenvalue weighted by molar-refractivity contribution is 5.96. The molecule has 65 heavy (non-hydrogen) atoms. The van der Waals surface area contributed by atoms with Crippen LogP contribution in [0.3, 0.4) is 0 Å². The number of Topliss-reactive ketones (excluding diaryl/α,β-unsaturated/α-hetero) is 1. The van der Waals surface area contributed by atoms with Crippen LogP contribution in [0.1, 0.15) is 93.9 Å². The Morgan fingerprint density at radius 1 is 0.708 bits per heavy atom. The molecule has 18 atom stereocenters. The molecule has 358 valence electrons. The van der Waals surface area contributed by atoms with Crippen LogP contribution < -0.4 is 0 Å². The lowest BCUT2D eigenvalue weighted by Gasteiger charge is -2.60. The maximum absolute atomic E-state index is 15.8. The fraction of sp³-hybridized carbons (Fsp3) is 0.731. The van der Waals surface area contributed by atoms with E-state index in [9.17, 15) is 25.2 Å². The summed E-state index contributed by atoms with van der Waals surface area (Å²) in [7, 11) is 3.63. The first-order valence-corrected chi connectivity index (χ1v) is 23.8. The summed E-state index contributed by atoms with van der Waals surface area (Å²) in [6.45, 7) is 22.5. The quantitative estimate of drug-likeness (QED) is 0.170. The molecule has 0 aromatic rings. The zero-order valence-corrected chi connectivity index (χ0v) is 39.9. The van der Waals surface area contributed by atoms with Crippen LogP contribution in [0.15, 0.2) is 77.0 Å². The Morgan fingerprint density at radius 2 is 1.12 bits per heavy atom. The molecule has 0 amide bonds. The second-order valence-corrected chi connectivity index (χ2v) is 23.3. The Balaban J connectivity index is 0.000000165. The highest BCUT2D eigenvalue weighted by Crippen LogP contribution is 2.72. The highest BCUT2D eigenvalue weighted by Gasteiger charge is 2.78. The van der Waals surface area contributed by atoms with Crippen LogP contribution in [-0.2, 0) is 23.7 Å². The number of fused-ring (bicyclic) bond motifs is 14. The van der Waals surface area contributed by atoms with Crippen molar-refractivity contribution in [3.63, 3.8) is 0 Å². The number of aliphatic hydroxyl groups is 4. The first-order chi connectivity index (χ1) is 30.2. The van der Waals surface area contributed by atoms with E-state index in [2.05, 4.69) is 32.1 Å². The van der Waals surface area contributed by atoms with Crippen molar-refractivity contribution in [2.45, 2.75) is 153 Å². The average Bonchev–Trinajstić information content (AvgIpc) is 3.82. The second-order valence-electron chi connectivity index (χ2n) is 23.3. The van der Waals surface area contributed by atoms with Gasteiger partial charge in [0, 0.05) is 47.6 Å². The number of allylic oxidation sites excluding steroid dienone is 10. The van der Waals surface area contributed by atoms with Gasteiger partial charge >= 0.3 is 0 Å². The normalized spacial score (nSPS) is 50.6. The maximum Gasteiger partial charge on any atom is 0.193 e. The maximum atomic E-state index is 15.8. The van der Waals surface area contributed by atoms with E-state index in [0.717, 1.165) is 16.7 Å². The van der Waals surface area contributed by atoms with Gasteiger partial charge in [0.2, 0.25) is 0 Å². The molecule has 2 aliphatic heterocycles. The van der Waals surface area contributed by atoms with Gasteiger partial charge in [-0.1, -0.05) is 77.3 Å². The smallest absolute Gasteiger partial charge is 0.193 e. The second kappa shape index (κ2) is 15.1. The molecular formula is C52H72F2N2O9. The molecule has 0 spiro atoms. The number of rotatable bonds is 5. The minimum atomic E-state index is -1.33. The summed E-state index contributed by atoms with van der Waals surface area (Å²) in [4.78, 5) is 13.2. The van der Waals surface area contributed by atoms with Crippen LogP contribution in [0.4, 0.5) is 8.78 Å². The van der Waals surface area contributed by atoms with E-state index in [4.69, 9.17) is 18.9 Å². The zero-order chi connectivity index (χ0) is 47.4. The minimum Gasteiger partial charge on any atom is -0.393 e. The summed E-state index contributed by atoms with van der Waals surface area (Å²) in [5, 5.41) is 49.9. The zero-order valence-electron chi connectivity index (χ0n) is 39.9. The number of ketones is 1. The van der Waals surface area contributed by atoms with Crippen molar-refractivity contribution >= 4 is 11.5 Å². The van der Waals surface area contributed by atoms with Crippen LogP contribution in [0.5, 0.6) is 0 Å². The Kier molecular flexibility index (Phi) is 10.9. The largest absolute Gasteiger partial charge is 0.393 e. The van der Waals surface area contributed by atoms with Crippen molar-refractivity contribution in [2.24, 2.45) is 62.3 Å². The van der Waals surface area contributed by atoms with Gasteiger partial charge in [0.1, 0.15) is 24.6 Å². The Bertz CT molecular complexity index is 2200. The highest BCUT2D eigenvalue weighted by atomic mass is 19.1. The standard InChI is InChI=1S/C27H39FN2O4.C25H33FO5/c1-15-8-9-25(4)18(10-15)19(28)11-16-17-12-22-27(34-24(2,3)33-22,21(14-31)29-30(6)7)26(17,5)13-20(32)23(16)25;1-13-6-7-23(4)16(8-13)17(26)9-14-15-10-20-25(19(29)12-27,31-22(2,3)30-20)24(15,5)11-18(28)21(14)23/h8-10,16-17,19-20,22-23,31-32H,1,11-14H2,2-7H3;6-8,14-15,17-18,20-21,27-28H,1,9-12H2,2-5H3/b29-21-;/t16-,17-,19-,20-,22+,23+,25-,26-,27+;14-,15-,17-,18-,20+,21+,23-,24-,25+/m00/s1. The molecule has 10 aliphatic rings. The Hall–Kier alpha value is -2.88. The van der Waals surface area contributed by atoms with E-state index >= 15 is 8.78 Å². The van der Waals surface area contributed by atoms with Gasteiger partial charge < -0.3 is 44.4 Å². The lowest BCUT2D eigenvalue weighted by atomic mass is 9.45. The molecule has 10 rings (SSSR count). The molecule has 11 nitrogen and oxygen atoms in total. The number of halogens is 2. The monoisotopic (exact) mass is 907 g/mol. The third-order valence-corrected chi connectivity index (χ3v) is 18.6. The predicted molar refractivity (Wildman–Crippen MR) is 241 cm³/mol. The van der Waals surface area contributed by atoms with Gasteiger partial charge in [-0.2, -0.15) is 5.10 Å². The number of hydrazone groups is 1. The number of aliphatic hydroxyl groups excluding tert-OH is 4. The lowest BCUT2D eigenvalue weighted by Crippen LogP contribution is -2.64. The number of hydrogen-bond donors (Lipinski definition) is 4. The molecular weight excluding hydrogens is 835 g/mol. The van der Waals surface area contributed by atoms with Gasteiger partial charge in [0.25, 0.3) is 0 Å². The van der Waals surface area contributed by atoms with Gasteiger partial charge in [0.05, 0.1) is 36.7 Å². The molecule has 0 aromatic heterocycles. The van der Waals surface area contributed by atoms with Crippen molar-refractivity contribution in [1.82, 2.24) is 5.01 Å². The number of carbonyl (C=O) groups excluding carboxylic acids is 1. The van der Waals surface area contributed by atoms with E-state index in [1.807, 2.05) is 78.2 Å². The molecule has 0 aromatic carbocycles. The van der Waals surface area contributed by atoms with Gasteiger partial charge in [-0.05, 0) is 112 Å². The summed E-state index contributed by atoms with van der Waals surface area (Å²) in [6.07, 6.45) is 9.83.